The molecule has 2 N–H and O–H groups in total. The number of aromatic nitrogens is 1. The molecule has 1 aromatic heterocycles. The number of hydrogen-bond donors (Lipinski definition) is 1. The van der Waals surface area contributed by atoms with Crippen LogP contribution in [0.1, 0.15) is 48.9 Å². The van der Waals surface area contributed by atoms with Crippen LogP contribution in [0.25, 0.3) is 0 Å². The molecule has 1 fully saturated rings. The van der Waals surface area contributed by atoms with E-state index >= 15 is 0 Å². The fourth-order valence-electron chi connectivity index (χ4n) is 2.75. The first-order valence-corrected chi connectivity index (χ1v) is 6.96. The van der Waals surface area contributed by atoms with Gasteiger partial charge in [0.15, 0.2) is 0 Å². The molecule has 1 aliphatic carbocycles. The number of anilines is 1. The molecule has 1 aliphatic rings. The minimum Gasteiger partial charge on any atom is -0.380 e. The van der Waals surface area contributed by atoms with E-state index in [4.69, 9.17) is 4.74 Å². The zero-order chi connectivity index (χ0) is 13.7. The highest BCUT2D eigenvalue weighted by Gasteiger charge is 2.22. The second-order valence-electron chi connectivity index (χ2n) is 5.25. The molecule has 4 nitrogen and oxygen atoms in total. The van der Waals surface area contributed by atoms with E-state index in [-0.39, 0.29) is 0 Å². The van der Waals surface area contributed by atoms with Gasteiger partial charge in [-0.3, -0.25) is 5.32 Å². The highest BCUT2D eigenvalue weighted by molar-refractivity contribution is 5.53. The summed E-state index contributed by atoms with van der Waals surface area (Å²) < 4.78 is 5.18. The maximum atomic E-state index is 9.38. The van der Waals surface area contributed by atoms with Crippen LogP contribution < -0.4 is 10.3 Å². The van der Waals surface area contributed by atoms with Crippen LogP contribution in [-0.4, -0.2) is 13.2 Å². The van der Waals surface area contributed by atoms with Gasteiger partial charge in [0, 0.05) is 12.7 Å². The summed E-state index contributed by atoms with van der Waals surface area (Å²) in [6.07, 6.45) is 6.25. The van der Waals surface area contributed by atoms with Gasteiger partial charge in [0.05, 0.1) is 18.3 Å². The lowest BCUT2D eigenvalue weighted by molar-refractivity contribution is -0.371. The van der Waals surface area contributed by atoms with Crippen LogP contribution in [0.5, 0.6) is 0 Å². The average molecular weight is 260 g/mol. The summed E-state index contributed by atoms with van der Waals surface area (Å²) in [7, 11) is 1.65. The Kier molecular flexibility index (Phi) is 4.75. The van der Waals surface area contributed by atoms with Crippen LogP contribution in [0, 0.1) is 18.3 Å². The molecule has 4 heteroatoms. The molecule has 1 saturated carbocycles. The summed E-state index contributed by atoms with van der Waals surface area (Å²) in [5.74, 6) is 0.849. The van der Waals surface area contributed by atoms with Gasteiger partial charge in [0.25, 0.3) is 5.82 Å². The molecule has 0 saturated heterocycles. The van der Waals surface area contributed by atoms with Crippen LogP contribution in [0.3, 0.4) is 0 Å². The second kappa shape index (κ2) is 6.53. The lowest BCUT2D eigenvalue weighted by Crippen LogP contribution is -2.28. The molecule has 0 bridgehead atoms. The van der Waals surface area contributed by atoms with Crippen molar-refractivity contribution in [3.8, 4) is 6.07 Å². The average Bonchev–Trinajstić information content (AvgIpc) is 2.40. The number of pyridine rings is 1. The number of aryl methyl sites for hydroxylation is 1. The maximum Gasteiger partial charge on any atom is 0.291 e. The van der Waals surface area contributed by atoms with E-state index in [1.54, 1.807) is 7.11 Å². The Balaban J connectivity index is 2.24. The summed E-state index contributed by atoms with van der Waals surface area (Å²) in [6.45, 7) is 2.48. The van der Waals surface area contributed by atoms with E-state index < -0.39 is 0 Å². The third kappa shape index (κ3) is 3.45. The van der Waals surface area contributed by atoms with Crippen molar-refractivity contribution in [3.05, 3.63) is 22.9 Å². The van der Waals surface area contributed by atoms with Crippen molar-refractivity contribution in [3.63, 3.8) is 0 Å². The van der Waals surface area contributed by atoms with Crippen LogP contribution in [0.2, 0.25) is 0 Å². The predicted octanol–water partition coefficient (Wildman–Crippen LogP) is 2.57. The largest absolute Gasteiger partial charge is 0.380 e. The van der Waals surface area contributed by atoms with Crippen molar-refractivity contribution in [2.24, 2.45) is 0 Å². The monoisotopic (exact) mass is 260 g/mol. The number of nitrogens with one attached hydrogen (secondary N) is 2. The van der Waals surface area contributed by atoms with E-state index in [1.807, 2.05) is 13.0 Å². The lowest BCUT2D eigenvalue weighted by Gasteiger charge is -2.19. The molecule has 0 atom stereocenters. The standard InChI is InChI=1S/C15H21N3O/c1-11-8-12(10-19-2)14(9-16)15(17-11)18-13-6-4-3-5-7-13/h8,13H,3-7,10H2,1-2H3,(H,17,18)/p+1. The third-order valence-corrected chi connectivity index (χ3v) is 3.65. The highest BCUT2D eigenvalue weighted by atomic mass is 16.5. The number of H-pyrrole nitrogens is 1. The Morgan fingerprint density at radius 2 is 2.16 bits per heavy atom. The first-order valence-electron chi connectivity index (χ1n) is 6.96. The summed E-state index contributed by atoms with van der Waals surface area (Å²) in [5.41, 5.74) is 2.67. The van der Waals surface area contributed by atoms with Gasteiger partial charge in [-0.2, -0.15) is 5.26 Å². The van der Waals surface area contributed by atoms with Gasteiger partial charge in [0.2, 0.25) is 0 Å². The Labute approximate surface area is 114 Å². The summed E-state index contributed by atoms with van der Waals surface area (Å²) in [4.78, 5) is 3.28. The molecule has 1 heterocycles. The van der Waals surface area contributed by atoms with Gasteiger partial charge in [-0.1, -0.05) is 6.42 Å². The molecule has 0 spiro atoms. The van der Waals surface area contributed by atoms with Crippen LogP contribution in [0.15, 0.2) is 6.07 Å². The molecule has 1 aromatic rings. The number of aromatic amines is 1. The van der Waals surface area contributed by atoms with Gasteiger partial charge in [-0.15, -0.1) is 0 Å². The Hall–Kier alpha value is -1.60. The molecule has 102 valence electrons. The predicted molar refractivity (Wildman–Crippen MR) is 73.7 cm³/mol. The highest BCUT2D eigenvalue weighted by Crippen LogP contribution is 2.23. The first-order chi connectivity index (χ1) is 9.24. The summed E-state index contributed by atoms with van der Waals surface area (Å²) >= 11 is 0. The molecule has 0 amide bonds. The summed E-state index contributed by atoms with van der Waals surface area (Å²) in [5, 5.41) is 12.9. The van der Waals surface area contributed by atoms with Crippen molar-refractivity contribution in [1.29, 1.82) is 5.26 Å². The molecular weight excluding hydrogens is 238 g/mol. The third-order valence-electron chi connectivity index (χ3n) is 3.65. The Bertz CT molecular complexity index is 473. The fraction of sp³-hybridized carbons (Fsp3) is 0.600. The number of nitriles is 1. The van der Waals surface area contributed by atoms with Gasteiger partial charge in [-0.05, 0) is 38.7 Å². The van der Waals surface area contributed by atoms with Crippen molar-refractivity contribution in [2.45, 2.75) is 51.7 Å². The fourth-order valence-corrected chi connectivity index (χ4v) is 2.75. The number of ether oxygens (including phenoxy) is 1. The maximum absolute atomic E-state index is 9.38. The molecule has 0 aromatic carbocycles. The van der Waals surface area contributed by atoms with Crippen molar-refractivity contribution < 1.29 is 9.72 Å². The normalized spacial score (nSPS) is 16.1. The topological polar surface area (TPSA) is 59.2 Å². The van der Waals surface area contributed by atoms with Crippen LogP contribution in [0.4, 0.5) is 5.82 Å². The molecular formula is C15H22N3O+. The quantitative estimate of drug-likeness (QED) is 0.905. The van der Waals surface area contributed by atoms with E-state index in [0.717, 1.165) is 17.1 Å². The van der Waals surface area contributed by atoms with E-state index in [1.165, 1.54) is 32.1 Å². The zero-order valence-electron chi connectivity index (χ0n) is 11.8. The molecule has 0 unspecified atom stereocenters. The number of rotatable bonds is 4. The summed E-state index contributed by atoms with van der Waals surface area (Å²) in [6, 6.07) is 4.75. The van der Waals surface area contributed by atoms with Gasteiger partial charge >= 0.3 is 0 Å². The SMILES string of the molecule is COCc1cc(C)[nH+]c(NC2CCCCC2)c1C#N. The van der Waals surface area contributed by atoms with Gasteiger partial charge < -0.3 is 4.74 Å². The number of methoxy groups -OCH3 is 1. The molecule has 19 heavy (non-hydrogen) atoms. The van der Waals surface area contributed by atoms with Crippen molar-refractivity contribution in [2.75, 3.05) is 12.4 Å². The smallest absolute Gasteiger partial charge is 0.291 e. The van der Waals surface area contributed by atoms with E-state index in [2.05, 4.69) is 16.4 Å². The van der Waals surface area contributed by atoms with Gasteiger partial charge in [0.1, 0.15) is 11.6 Å². The minimum absolute atomic E-state index is 0.470. The first kappa shape index (κ1) is 13.8. The van der Waals surface area contributed by atoms with E-state index in [0.29, 0.717) is 18.2 Å². The van der Waals surface area contributed by atoms with Crippen LogP contribution >= 0.6 is 0 Å². The lowest BCUT2D eigenvalue weighted by atomic mass is 9.95. The second-order valence-corrected chi connectivity index (χ2v) is 5.25. The van der Waals surface area contributed by atoms with E-state index in [9.17, 15) is 5.26 Å². The number of hydrogen-bond acceptors (Lipinski definition) is 3. The zero-order valence-corrected chi connectivity index (χ0v) is 11.8. The number of nitrogens with zero attached hydrogens (tertiary/aromatic N) is 1. The van der Waals surface area contributed by atoms with Crippen LogP contribution in [-0.2, 0) is 11.3 Å². The Morgan fingerprint density at radius 3 is 2.79 bits per heavy atom. The van der Waals surface area contributed by atoms with Crippen molar-refractivity contribution >= 4 is 5.82 Å². The molecule has 2 rings (SSSR count). The minimum atomic E-state index is 0.470. The molecule has 0 radical (unpaired) electrons. The van der Waals surface area contributed by atoms with Crippen molar-refractivity contribution in [1.82, 2.24) is 0 Å². The Morgan fingerprint density at radius 1 is 1.42 bits per heavy atom. The van der Waals surface area contributed by atoms with Gasteiger partial charge in [-0.25, -0.2) is 4.98 Å². The molecule has 0 aliphatic heterocycles.